The molecule has 0 fully saturated rings. The number of carbonyl (C=O) groups excluding carboxylic acids is 1. The quantitative estimate of drug-likeness (QED) is 0.563. The first-order valence-corrected chi connectivity index (χ1v) is 9.16. The van der Waals surface area contributed by atoms with Crippen LogP contribution in [-0.2, 0) is 10.2 Å². The van der Waals surface area contributed by atoms with E-state index in [9.17, 15) is 9.90 Å². The molecule has 1 aliphatic heterocycles. The number of fused-ring (bicyclic) bond motifs is 2. The second kappa shape index (κ2) is 5.70. The number of phenolic OH excluding ortho intramolecular Hbond substituents is 1. The van der Waals surface area contributed by atoms with Gasteiger partial charge in [-0.1, -0.05) is 48.0 Å². The van der Waals surface area contributed by atoms with Crippen molar-refractivity contribution in [3.05, 3.63) is 89.2 Å². The first-order valence-electron chi connectivity index (χ1n) is 9.16. The van der Waals surface area contributed by atoms with Gasteiger partial charge in [0.2, 0.25) is 5.91 Å². The number of aromatic nitrogens is 2. The molecular formula is C23H19N3O2. The Labute approximate surface area is 162 Å². The Bertz CT molecular complexity index is 1210. The molecule has 4 aromatic rings. The van der Waals surface area contributed by atoms with Crippen LogP contribution in [-0.4, -0.2) is 28.0 Å². The number of aryl methyl sites for hydroxylation is 1. The van der Waals surface area contributed by atoms with Gasteiger partial charge in [0.1, 0.15) is 11.6 Å². The summed E-state index contributed by atoms with van der Waals surface area (Å²) in [6.07, 6.45) is 0. The number of hydrogen-bond donors (Lipinski definition) is 2. The number of anilines is 1. The summed E-state index contributed by atoms with van der Waals surface area (Å²) in [6.45, 7) is 2.00. The molecule has 1 atom stereocenters. The maximum Gasteiger partial charge on any atom is 0.249 e. The number of likely N-dealkylation sites (N-methyl/N-ethyl adjacent to an activating group) is 1. The van der Waals surface area contributed by atoms with Crippen LogP contribution in [0.25, 0.3) is 11.0 Å². The maximum atomic E-state index is 13.8. The minimum absolute atomic E-state index is 0.0686. The molecular weight excluding hydrogens is 350 g/mol. The van der Waals surface area contributed by atoms with E-state index in [1.165, 1.54) is 0 Å². The third-order valence-electron chi connectivity index (χ3n) is 5.60. The van der Waals surface area contributed by atoms with Crippen molar-refractivity contribution in [1.29, 1.82) is 0 Å². The normalized spacial score (nSPS) is 18.6. The lowest BCUT2D eigenvalue weighted by molar-refractivity contribution is -0.120. The van der Waals surface area contributed by atoms with E-state index in [1.807, 2.05) is 55.5 Å². The molecule has 0 radical (unpaired) electrons. The fraction of sp³-hybridized carbons (Fsp3) is 0.130. The van der Waals surface area contributed by atoms with Gasteiger partial charge in [0, 0.05) is 23.9 Å². The van der Waals surface area contributed by atoms with Gasteiger partial charge >= 0.3 is 0 Å². The number of para-hydroxylation sites is 3. The monoisotopic (exact) mass is 369 g/mol. The molecule has 138 valence electrons. The summed E-state index contributed by atoms with van der Waals surface area (Å²) in [5.74, 6) is 0.434. The van der Waals surface area contributed by atoms with Gasteiger partial charge < -0.3 is 15.0 Å². The Kier molecular flexibility index (Phi) is 3.37. The van der Waals surface area contributed by atoms with Crippen LogP contribution < -0.4 is 4.90 Å². The van der Waals surface area contributed by atoms with Crippen molar-refractivity contribution >= 4 is 22.6 Å². The highest BCUT2D eigenvalue weighted by atomic mass is 16.3. The van der Waals surface area contributed by atoms with Gasteiger partial charge in [-0.15, -0.1) is 0 Å². The lowest BCUT2D eigenvalue weighted by Gasteiger charge is -2.27. The van der Waals surface area contributed by atoms with Crippen molar-refractivity contribution in [3.63, 3.8) is 0 Å². The number of hydrogen-bond acceptors (Lipinski definition) is 3. The maximum absolute atomic E-state index is 13.8. The van der Waals surface area contributed by atoms with E-state index in [0.717, 1.165) is 27.8 Å². The van der Waals surface area contributed by atoms with Gasteiger partial charge in [-0.3, -0.25) is 4.79 Å². The molecule has 2 N–H and O–H groups in total. The molecule has 0 bridgehead atoms. The SMILES string of the molecule is Cc1ccc2c(c1)C(c1nc3ccccc3[nH]1)(c1ccccc1O)C(=O)N2C. The zero-order valence-electron chi connectivity index (χ0n) is 15.6. The summed E-state index contributed by atoms with van der Waals surface area (Å²) < 4.78 is 0. The molecule has 5 rings (SSSR count). The smallest absolute Gasteiger partial charge is 0.249 e. The molecule has 28 heavy (non-hydrogen) atoms. The number of nitrogens with zero attached hydrogens (tertiary/aromatic N) is 2. The number of phenols is 1. The van der Waals surface area contributed by atoms with Crippen LogP contribution in [0.5, 0.6) is 5.75 Å². The van der Waals surface area contributed by atoms with Gasteiger partial charge in [-0.2, -0.15) is 0 Å². The molecule has 1 unspecified atom stereocenters. The fourth-order valence-electron chi connectivity index (χ4n) is 4.26. The second-order valence-electron chi connectivity index (χ2n) is 7.25. The number of aromatic amines is 1. The highest BCUT2D eigenvalue weighted by Gasteiger charge is 2.55. The molecule has 0 saturated heterocycles. The number of aromatic hydroxyl groups is 1. The van der Waals surface area contributed by atoms with Crippen molar-refractivity contribution in [2.75, 3.05) is 11.9 Å². The van der Waals surface area contributed by atoms with Gasteiger partial charge in [-0.25, -0.2) is 4.98 Å². The molecule has 0 spiro atoms. The minimum atomic E-state index is -1.24. The fourth-order valence-corrected chi connectivity index (χ4v) is 4.26. The number of nitrogens with one attached hydrogen (secondary N) is 1. The van der Waals surface area contributed by atoms with Gasteiger partial charge in [0.05, 0.1) is 11.0 Å². The molecule has 0 aliphatic carbocycles. The van der Waals surface area contributed by atoms with E-state index >= 15 is 0 Å². The van der Waals surface area contributed by atoms with E-state index in [4.69, 9.17) is 4.98 Å². The van der Waals surface area contributed by atoms with Crippen LogP contribution in [0.3, 0.4) is 0 Å². The van der Waals surface area contributed by atoms with Crippen molar-refractivity contribution in [2.45, 2.75) is 12.3 Å². The highest BCUT2D eigenvalue weighted by molar-refractivity contribution is 6.12. The molecule has 2 heterocycles. The average molecular weight is 369 g/mol. The Hall–Kier alpha value is -3.60. The van der Waals surface area contributed by atoms with Crippen LogP contribution >= 0.6 is 0 Å². The van der Waals surface area contributed by atoms with Gasteiger partial charge in [0.15, 0.2) is 5.41 Å². The Balaban J connectivity index is 1.94. The summed E-state index contributed by atoms with van der Waals surface area (Å²) in [5.41, 5.74) is 3.60. The summed E-state index contributed by atoms with van der Waals surface area (Å²) in [5, 5.41) is 10.8. The van der Waals surface area contributed by atoms with E-state index in [-0.39, 0.29) is 11.7 Å². The second-order valence-corrected chi connectivity index (χ2v) is 7.25. The summed E-state index contributed by atoms with van der Waals surface area (Å²) in [6, 6.07) is 20.6. The lowest BCUT2D eigenvalue weighted by Crippen LogP contribution is -2.41. The van der Waals surface area contributed by atoms with E-state index < -0.39 is 5.41 Å². The van der Waals surface area contributed by atoms with Crippen LogP contribution in [0.4, 0.5) is 5.69 Å². The predicted molar refractivity (Wildman–Crippen MR) is 109 cm³/mol. The zero-order chi connectivity index (χ0) is 19.5. The van der Waals surface area contributed by atoms with Crippen LogP contribution in [0.1, 0.15) is 22.5 Å². The van der Waals surface area contributed by atoms with Crippen molar-refractivity contribution < 1.29 is 9.90 Å². The van der Waals surface area contributed by atoms with Crippen LogP contribution in [0.15, 0.2) is 66.7 Å². The first-order chi connectivity index (χ1) is 13.5. The molecule has 0 saturated carbocycles. The van der Waals surface area contributed by atoms with E-state index in [1.54, 1.807) is 30.1 Å². The standard InChI is InChI=1S/C23H19N3O2/c1-14-11-12-19-16(13-14)23(22(28)26(19)2,15-7-3-6-10-20(15)27)21-24-17-8-4-5-9-18(17)25-21/h3-13,27H,1-2H3,(H,24,25). The molecule has 1 amide bonds. The number of imidazole rings is 1. The zero-order valence-corrected chi connectivity index (χ0v) is 15.6. The third kappa shape index (κ3) is 2.01. The Morgan fingerprint density at radius 3 is 2.54 bits per heavy atom. The number of rotatable bonds is 2. The number of amides is 1. The molecule has 1 aliphatic rings. The average Bonchev–Trinajstić information content (AvgIpc) is 3.21. The number of H-pyrrole nitrogens is 1. The number of benzene rings is 3. The molecule has 1 aromatic heterocycles. The van der Waals surface area contributed by atoms with Crippen LogP contribution in [0.2, 0.25) is 0 Å². The molecule has 3 aromatic carbocycles. The van der Waals surface area contributed by atoms with E-state index in [0.29, 0.717) is 11.4 Å². The Morgan fingerprint density at radius 1 is 1.00 bits per heavy atom. The first kappa shape index (κ1) is 16.6. The summed E-state index contributed by atoms with van der Waals surface area (Å²) in [4.78, 5) is 23.6. The van der Waals surface area contributed by atoms with Gasteiger partial charge in [0.25, 0.3) is 0 Å². The van der Waals surface area contributed by atoms with Gasteiger partial charge in [-0.05, 0) is 31.2 Å². The Morgan fingerprint density at radius 2 is 1.75 bits per heavy atom. The van der Waals surface area contributed by atoms with Crippen molar-refractivity contribution in [3.8, 4) is 5.75 Å². The minimum Gasteiger partial charge on any atom is -0.508 e. The topological polar surface area (TPSA) is 69.2 Å². The highest BCUT2D eigenvalue weighted by Crippen LogP contribution is 2.51. The molecule has 5 heteroatoms. The van der Waals surface area contributed by atoms with E-state index in [2.05, 4.69) is 4.98 Å². The largest absolute Gasteiger partial charge is 0.508 e. The van der Waals surface area contributed by atoms with Crippen LogP contribution in [0, 0.1) is 6.92 Å². The lowest BCUT2D eigenvalue weighted by atomic mass is 9.73. The predicted octanol–water partition coefficient (Wildman–Crippen LogP) is 3.89. The third-order valence-corrected chi connectivity index (χ3v) is 5.60. The molecule has 5 nitrogen and oxygen atoms in total. The van der Waals surface area contributed by atoms with Crippen molar-refractivity contribution in [2.24, 2.45) is 0 Å². The summed E-state index contributed by atoms with van der Waals surface area (Å²) >= 11 is 0. The number of carbonyl (C=O) groups is 1. The summed E-state index contributed by atoms with van der Waals surface area (Å²) in [7, 11) is 1.76. The van der Waals surface area contributed by atoms with Crippen molar-refractivity contribution in [1.82, 2.24) is 9.97 Å².